The number of likely N-dealkylation sites (N-methyl/N-ethyl adjacent to an activating group) is 1. The number of ether oxygens (including phenoxy) is 1. The fourth-order valence-corrected chi connectivity index (χ4v) is 3.32. The number of amides is 2. The Morgan fingerprint density at radius 1 is 1.00 bits per heavy atom. The van der Waals surface area contributed by atoms with Crippen molar-refractivity contribution in [2.24, 2.45) is 0 Å². The zero-order chi connectivity index (χ0) is 21.5. The lowest BCUT2D eigenvalue weighted by molar-refractivity contribution is -0.117. The molecule has 3 aromatic rings. The van der Waals surface area contributed by atoms with Gasteiger partial charge in [-0.15, -0.1) is 0 Å². The van der Waals surface area contributed by atoms with Crippen LogP contribution in [0.15, 0.2) is 72.8 Å². The van der Waals surface area contributed by atoms with Gasteiger partial charge in [0.15, 0.2) is 0 Å². The Bertz CT molecular complexity index is 1020. The Kier molecular flexibility index (Phi) is 7.09. The van der Waals surface area contributed by atoms with Crippen LogP contribution in [0.1, 0.15) is 22.8 Å². The normalized spacial score (nSPS) is 10.4. The number of nitrogens with one attached hydrogen (secondary N) is 1. The van der Waals surface area contributed by atoms with E-state index in [-0.39, 0.29) is 18.2 Å². The average molecular weight is 423 g/mol. The number of carbonyl (C=O) groups is 2. The monoisotopic (exact) mass is 422 g/mol. The number of rotatable bonds is 7. The van der Waals surface area contributed by atoms with Gasteiger partial charge < -0.3 is 15.0 Å². The summed E-state index contributed by atoms with van der Waals surface area (Å²) in [5.74, 6) is 0.142. The quantitative estimate of drug-likeness (QED) is 0.569. The molecule has 0 saturated heterocycles. The van der Waals surface area contributed by atoms with E-state index in [1.165, 1.54) is 7.11 Å². The van der Waals surface area contributed by atoms with Gasteiger partial charge in [0.05, 0.1) is 19.1 Å². The molecule has 5 nitrogen and oxygen atoms in total. The average Bonchev–Trinajstić information content (AvgIpc) is 2.76. The van der Waals surface area contributed by atoms with Crippen LogP contribution in [0.5, 0.6) is 5.75 Å². The van der Waals surface area contributed by atoms with Gasteiger partial charge in [0.25, 0.3) is 5.91 Å². The number of methoxy groups -OCH3 is 1. The summed E-state index contributed by atoms with van der Waals surface area (Å²) < 4.78 is 5.23. The van der Waals surface area contributed by atoms with E-state index < -0.39 is 0 Å². The van der Waals surface area contributed by atoms with E-state index in [4.69, 9.17) is 16.3 Å². The molecule has 0 unspecified atom stereocenters. The number of nitrogens with zero attached hydrogens (tertiary/aromatic N) is 1. The zero-order valence-corrected chi connectivity index (χ0v) is 17.6. The highest BCUT2D eigenvalue weighted by Crippen LogP contribution is 2.24. The molecule has 0 aliphatic heterocycles. The Morgan fingerprint density at radius 2 is 1.70 bits per heavy atom. The summed E-state index contributed by atoms with van der Waals surface area (Å²) in [5, 5.41) is 3.28. The minimum Gasteiger partial charge on any atom is -0.496 e. The van der Waals surface area contributed by atoms with Crippen molar-refractivity contribution in [1.82, 2.24) is 0 Å². The van der Waals surface area contributed by atoms with Crippen LogP contribution in [0, 0.1) is 0 Å². The third-order valence-electron chi connectivity index (χ3n) is 4.66. The Hall–Kier alpha value is -3.31. The minimum absolute atomic E-state index is 0.0177. The van der Waals surface area contributed by atoms with Gasteiger partial charge in [-0.3, -0.25) is 9.59 Å². The van der Waals surface area contributed by atoms with Crippen molar-refractivity contribution in [2.75, 3.05) is 23.9 Å². The molecule has 154 valence electrons. The minimum atomic E-state index is -0.320. The van der Waals surface area contributed by atoms with Crippen molar-refractivity contribution in [2.45, 2.75) is 13.3 Å². The maximum absolute atomic E-state index is 12.7. The molecule has 0 spiro atoms. The maximum Gasteiger partial charge on any atom is 0.259 e. The van der Waals surface area contributed by atoms with E-state index in [9.17, 15) is 9.59 Å². The molecule has 30 heavy (non-hydrogen) atoms. The molecule has 0 saturated carbocycles. The molecule has 3 rings (SSSR count). The van der Waals surface area contributed by atoms with E-state index >= 15 is 0 Å². The topological polar surface area (TPSA) is 58.6 Å². The standard InChI is InChI=1S/C24H23ClN2O3/c1-3-27(20-7-5-4-6-8-20)23(28)15-17-9-12-19(13-10-17)26-24(29)21-16-18(25)11-14-22(21)30-2/h4-14,16H,3,15H2,1-2H3,(H,26,29). The molecule has 2 amide bonds. The first-order valence-corrected chi connectivity index (χ1v) is 9.99. The molecule has 1 N–H and O–H groups in total. The number of para-hydroxylation sites is 1. The molecule has 0 heterocycles. The van der Waals surface area contributed by atoms with Crippen LogP contribution in [0.25, 0.3) is 0 Å². The highest BCUT2D eigenvalue weighted by molar-refractivity contribution is 6.31. The number of carbonyl (C=O) groups excluding carboxylic acids is 2. The summed E-state index contributed by atoms with van der Waals surface area (Å²) in [6, 6.07) is 21.7. The third-order valence-corrected chi connectivity index (χ3v) is 4.89. The third kappa shape index (κ3) is 5.19. The molecule has 0 fully saturated rings. The molecular formula is C24H23ClN2O3. The maximum atomic E-state index is 12.7. The van der Waals surface area contributed by atoms with Gasteiger partial charge in [0.1, 0.15) is 5.75 Å². The fourth-order valence-electron chi connectivity index (χ4n) is 3.14. The molecule has 0 radical (unpaired) electrons. The fraction of sp³-hybridized carbons (Fsp3) is 0.167. The summed E-state index contributed by atoms with van der Waals surface area (Å²) in [7, 11) is 1.50. The lowest BCUT2D eigenvalue weighted by atomic mass is 10.1. The van der Waals surface area contributed by atoms with Crippen LogP contribution in [0.4, 0.5) is 11.4 Å². The van der Waals surface area contributed by atoms with Crippen molar-refractivity contribution in [3.05, 3.63) is 88.9 Å². The molecule has 6 heteroatoms. The predicted molar refractivity (Wildman–Crippen MR) is 121 cm³/mol. The smallest absolute Gasteiger partial charge is 0.259 e. The van der Waals surface area contributed by atoms with E-state index in [0.717, 1.165) is 11.3 Å². The van der Waals surface area contributed by atoms with Crippen molar-refractivity contribution >= 4 is 34.8 Å². The Morgan fingerprint density at radius 3 is 2.33 bits per heavy atom. The van der Waals surface area contributed by atoms with Crippen molar-refractivity contribution in [3.63, 3.8) is 0 Å². The van der Waals surface area contributed by atoms with Gasteiger partial charge in [0, 0.05) is 22.9 Å². The van der Waals surface area contributed by atoms with Crippen molar-refractivity contribution < 1.29 is 14.3 Å². The van der Waals surface area contributed by atoms with Crippen LogP contribution in [-0.2, 0) is 11.2 Å². The highest BCUT2D eigenvalue weighted by atomic mass is 35.5. The van der Waals surface area contributed by atoms with Crippen LogP contribution in [0.3, 0.4) is 0 Å². The molecule has 0 bridgehead atoms. The van der Waals surface area contributed by atoms with Gasteiger partial charge in [0.2, 0.25) is 5.91 Å². The van der Waals surface area contributed by atoms with E-state index in [0.29, 0.717) is 28.6 Å². The molecule has 3 aromatic carbocycles. The van der Waals surface area contributed by atoms with Gasteiger partial charge in [-0.05, 0) is 55.0 Å². The highest BCUT2D eigenvalue weighted by Gasteiger charge is 2.15. The molecule has 0 aliphatic carbocycles. The van der Waals surface area contributed by atoms with E-state index in [1.807, 2.05) is 49.4 Å². The zero-order valence-electron chi connectivity index (χ0n) is 16.9. The summed E-state index contributed by atoms with van der Waals surface area (Å²) in [4.78, 5) is 27.1. The van der Waals surface area contributed by atoms with Gasteiger partial charge in [-0.1, -0.05) is 41.9 Å². The van der Waals surface area contributed by atoms with Crippen molar-refractivity contribution in [3.8, 4) is 5.75 Å². The SMILES string of the molecule is CCN(C(=O)Cc1ccc(NC(=O)c2cc(Cl)ccc2OC)cc1)c1ccccc1. The first kappa shape index (κ1) is 21.4. The number of anilines is 2. The largest absolute Gasteiger partial charge is 0.496 e. The second-order valence-electron chi connectivity index (χ2n) is 6.65. The van der Waals surface area contributed by atoms with Crippen LogP contribution >= 0.6 is 11.6 Å². The lowest BCUT2D eigenvalue weighted by Crippen LogP contribution is -2.31. The number of benzene rings is 3. The summed E-state index contributed by atoms with van der Waals surface area (Å²) in [6.45, 7) is 2.55. The van der Waals surface area contributed by atoms with Gasteiger partial charge >= 0.3 is 0 Å². The van der Waals surface area contributed by atoms with E-state index in [2.05, 4.69) is 5.32 Å². The first-order chi connectivity index (χ1) is 14.5. The van der Waals surface area contributed by atoms with Gasteiger partial charge in [-0.25, -0.2) is 0 Å². The summed E-state index contributed by atoms with van der Waals surface area (Å²) in [6.07, 6.45) is 0.277. The molecule has 0 aliphatic rings. The Labute approximate surface area is 181 Å². The van der Waals surface area contributed by atoms with Crippen LogP contribution in [-0.4, -0.2) is 25.5 Å². The molecule has 0 atom stereocenters. The summed E-state index contributed by atoms with van der Waals surface area (Å²) >= 11 is 6.00. The Balaban J connectivity index is 1.67. The predicted octanol–water partition coefficient (Wildman–Crippen LogP) is 5.20. The van der Waals surface area contributed by atoms with Gasteiger partial charge in [-0.2, -0.15) is 0 Å². The van der Waals surface area contributed by atoms with Crippen molar-refractivity contribution in [1.29, 1.82) is 0 Å². The second-order valence-corrected chi connectivity index (χ2v) is 7.08. The lowest BCUT2D eigenvalue weighted by Gasteiger charge is -2.21. The van der Waals surface area contributed by atoms with E-state index in [1.54, 1.807) is 35.2 Å². The van der Waals surface area contributed by atoms with Crippen LogP contribution in [0.2, 0.25) is 5.02 Å². The second kappa shape index (κ2) is 9.94. The molecular weight excluding hydrogens is 400 g/mol. The molecule has 0 aromatic heterocycles. The number of halogens is 1. The number of hydrogen-bond acceptors (Lipinski definition) is 3. The number of hydrogen-bond donors (Lipinski definition) is 1. The first-order valence-electron chi connectivity index (χ1n) is 9.61. The van der Waals surface area contributed by atoms with Crippen LogP contribution < -0.4 is 15.0 Å². The summed E-state index contributed by atoms with van der Waals surface area (Å²) in [5.41, 5.74) is 2.72.